The summed E-state index contributed by atoms with van der Waals surface area (Å²) >= 11 is 9.61. The van der Waals surface area contributed by atoms with E-state index in [1.165, 1.54) is 0 Å². The minimum absolute atomic E-state index is 0.780. The predicted octanol–water partition coefficient (Wildman–Crippen LogP) is 2.35. The Bertz CT molecular complexity index is 378. The topological polar surface area (TPSA) is 18.5 Å². The van der Waals surface area contributed by atoms with Crippen molar-refractivity contribution >= 4 is 27.5 Å². The van der Waals surface area contributed by atoms with E-state index in [2.05, 4.69) is 44.4 Å². The van der Waals surface area contributed by atoms with Gasteiger partial charge in [-0.3, -0.25) is 5.43 Å². The van der Waals surface area contributed by atoms with E-state index in [9.17, 15) is 0 Å². The highest BCUT2D eigenvalue weighted by Crippen LogP contribution is 2.20. The third-order valence-electron chi connectivity index (χ3n) is 3.00. The summed E-state index contributed by atoms with van der Waals surface area (Å²) in [6.07, 6.45) is 0. The summed E-state index contributed by atoms with van der Waals surface area (Å²) in [6.45, 7) is 5.12. The van der Waals surface area contributed by atoms with E-state index in [1.807, 2.05) is 12.1 Å². The van der Waals surface area contributed by atoms with Crippen LogP contribution in [0.15, 0.2) is 22.7 Å². The van der Waals surface area contributed by atoms with Crippen molar-refractivity contribution in [2.45, 2.75) is 6.54 Å². The van der Waals surface area contributed by atoms with Gasteiger partial charge in [0.05, 0.1) is 0 Å². The molecule has 1 saturated heterocycles. The molecule has 0 aromatic heterocycles. The Balaban J connectivity index is 1.87. The van der Waals surface area contributed by atoms with Gasteiger partial charge in [0.15, 0.2) is 0 Å². The van der Waals surface area contributed by atoms with Crippen molar-refractivity contribution in [2.75, 3.05) is 33.2 Å². The van der Waals surface area contributed by atoms with Crippen LogP contribution in [0.4, 0.5) is 0 Å². The summed E-state index contributed by atoms with van der Waals surface area (Å²) < 4.78 is 1.07. The maximum atomic E-state index is 6.15. The van der Waals surface area contributed by atoms with E-state index >= 15 is 0 Å². The maximum absolute atomic E-state index is 6.15. The van der Waals surface area contributed by atoms with Gasteiger partial charge in [-0.2, -0.15) is 0 Å². The van der Waals surface area contributed by atoms with Crippen molar-refractivity contribution in [1.29, 1.82) is 0 Å². The van der Waals surface area contributed by atoms with Crippen LogP contribution in [0.3, 0.4) is 0 Å². The van der Waals surface area contributed by atoms with Crippen LogP contribution in [0.5, 0.6) is 0 Å². The molecule has 5 heteroatoms. The molecule has 17 heavy (non-hydrogen) atoms. The zero-order valence-corrected chi connectivity index (χ0v) is 12.3. The Hall–Kier alpha value is -0.130. The monoisotopic (exact) mass is 317 g/mol. The molecule has 1 N–H and O–H groups in total. The molecular weight excluding hydrogens is 302 g/mol. The number of halogens is 2. The quantitative estimate of drug-likeness (QED) is 0.923. The molecule has 1 aliphatic heterocycles. The molecule has 0 spiro atoms. The van der Waals surface area contributed by atoms with E-state index in [4.69, 9.17) is 11.6 Å². The summed E-state index contributed by atoms with van der Waals surface area (Å²) in [5.41, 5.74) is 4.55. The zero-order chi connectivity index (χ0) is 12.3. The number of likely N-dealkylation sites (N-methyl/N-ethyl adjacent to an activating group) is 1. The van der Waals surface area contributed by atoms with Crippen molar-refractivity contribution in [1.82, 2.24) is 15.3 Å². The van der Waals surface area contributed by atoms with Gasteiger partial charge in [0, 0.05) is 42.2 Å². The SMILES string of the molecule is CN1CCN(NCc2cc(Br)ccc2Cl)CC1. The van der Waals surface area contributed by atoms with Crippen LogP contribution in [0.1, 0.15) is 5.56 Å². The van der Waals surface area contributed by atoms with Crippen LogP contribution in [0.25, 0.3) is 0 Å². The number of hydrogen-bond acceptors (Lipinski definition) is 3. The highest BCUT2D eigenvalue weighted by molar-refractivity contribution is 9.10. The van der Waals surface area contributed by atoms with Crippen LogP contribution in [-0.2, 0) is 6.54 Å². The van der Waals surface area contributed by atoms with E-state index in [-0.39, 0.29) is 0 Å². The summed E-state index contributed by atoms with van der Waals surface area (Å²) in [4.78, 5) is 2.34. The molecule has 0 saturated carbocycles. The smallest absolute Gasteiger partial charge is 0.0452 e. The van der Waals surface area contributed by atoms with E-state index in [1.54, 1.807) is 0 Å². The van der Waals surface area contributed by atoms with Crippen molar-refractivity contribution in [3.8, 4) is 0 Å². The largest absolute Gasteiger partial charge is 0.304 e. The van der Waals surface area contributed by atoms with Crippen molar-refractivity contribution in [3.63, 3.8) is 0 Å². The molecule has 0 unspecified atom stereocenters. The van der Waals surface area contributed by atoms with Crippen molar-refractivity contribution < 1.29 is 0 Å². The van der Waals surface area contributed by atoms with E-state index in [0.29, 0.717) is 0 Å². The maximum Gasteiger partial charge on any atom is 0.0452 e. The Kier molecular flexibility index (Phi) is 4.82. The van der Waals surface area contributed by atoms with Gasteiger partial charge in [0.1, 0.15) is 0 Å². The lowest BCUT2D eigenvalue weighted by molar-refractivity contribution is 0.102. The first-order chi connectivity index (χ1) is 8.15. The highest BCUT2D eigenvalue weighted by atomic mass is 79.9. The minimum Gasteiger partial charge on any atom is -0.304 e. The fraction of sp³-hybridized carbons (Fsp3) is 0.500. The van der Waals surface area contributed by atoms with Gasteiger partial charge in [-0.15, -0.1) is 0 Å². The second-order valence-electron chi connectivity index (χ2n) is 4.36. The van der Waals surface area contributed by atoms with Crippen molar-refractivity contribution in [2.24, 2.45) is 0 Å². The van der Waals surface area contributed by atoms with Crippen LogP contribution in [-0.4, -0.2) is 43.1 Å². The lowest BCUT2D eigenvalue weighted by atomic mass is 10.2. The number of rotatable bonds is 3. The van der Waals surface area contributed by atoms with Crippen molar-refractivity contribution in [3.05, 3.63) is 33.3 Å². The second kappa shape index (κ2) is 6.16. The first-order valence-electron chi connectivity index (χ1n) is 5.76. The van der Waals surface area contributed by atoms with Crippen LogP contribution in [0, 0.1) is 0 Å². The van der Waals surface area contributed by atoms with E-state index < -0.39 is 0 Å². The summed E-state index contributed by atoms with van der Waals surface area (Å²) in [7, 11) is 2.16. The number of benzene rings is 1. The number of piperazine rings is 1. The lowest BCUT2D eigenvalue weighted by Crippen LogP contribution is -2.50. The Morgan fingerprint density at radius 2 is 2.00 bits per heavy atom. The lowest BCUT2D eigenvalue weighted by Gasteiger charge is -2.32. The standard InChI is InChI=1S/C12H17BrClN3/c1-16-4-6-17(7-5-16)15-9-10-8-11(13)2-3-12(10)14/h2-3,8,15H,4-7,9H2,1H3. The average Bonchev–Trinajstić information content (AvgIpc) is 2.32. The van der Waals surface area contributed by atoms with Gasteiger partial charge in [-0.25, -0.2) is 5.01 Å². The summed E-state index contributed by atoms with van der Waals surface area (Å²) in [5, 5.41) is 3.08. The first kappa shape index (κ1) is 13.3. The Morgan fingerprint density at radius 1 is 1.29 bits per heavy atom. The van der Waals surface area contributed by atoms with Gasteiger partial charge in [0.2, 0.25) is 0 Å². The fourth-order valence-electron chi connectivity index (χ4n) is 1.84. The Morgan fingerprint density at radius 3 is 2.71 bits per heavy atom. The molecule has 3 nitrogen and oxygen atoms in total. The number of nitrogens with one attached hydrogen (secondary N) is 1. The first-order valence-corrected chi connectivity index (χ1v) is 6.93. The zero-order valence-electron chi connectivity index (χ0n) is 9.92. The Labute approximate surface area is 116 Å². The molecule has 0 aliphatic carbocycles. The molecule has 0 atom stereocenters. The molecule has 1 heterocycles. The predicted molar refractivity (Wildman–Crippen MR) is 75.1 cm³/mol. The van der Waals surface area contributed by atoms with Crippen LogP contribution in [0.2, 0.25) is 5.02 Å². The number of hydrogen-bond donors (Lipinski definition) is 1. The van der Waals surface area contributed by atoms with Gasteiger partial charge < -0.3 is 4.90 Å². The molecule has 1 aromatic carbocycles. The number of nitrogens with zero attached hydrogens (tertiary/aromatic N) is 2. The molecule has 94 valence electrons. The summed E-state index contributed by atoms with van der Waals surface area (Å²) in [5.74, 6) is 0. The van der Waals surface area contributed by atoms with Gasteiger partial charge in [-0.1, -0.05) is 27.5 Å². The third kappa shape index (κ3) is 3.93. The summed E-state index contributed by atoms with van der Waals surface area (Å²) in [6, 6.07) is 5.94. The van der Waals surface area contributed by atoms with E-state index in [0.717, 1.165) is 47.8 Å². The number of hydrazine groups is 1. The second-order valence-corrected chi connectivity index (χ2v) is 5.68. The third-order valence-corrected chi connectivity index (χ3v) is 3.87. The molecule has 1 aromatic rings. The molecule has 1 aliphatic rings. The molecule has 0 amide bonds. The average molecular weight is 319 g/mol. The molecular formula is C12H17BrClN3. The van der Waals surface area contributed by atoms with Crippen LogP contribution < -0.4 is 5.43 Å². The minimum atomic E-state index is 0.780. The molecule has 2 rings (SSSR count). The normalized spacial score (nSPS) is 18.5. The van der Waals surface area contributed by atoms with Crippen LogP contribution >= 0.6 is 27.5 Å². The highest BCUT2D eigenvalue weighted by Gasteiger charge is 2.13. The van der Waals surface area contributed by atoms with Gasteiger partial charge >= 0.3 is 0 Å². The van der Waals surface area contributed by atoms with Gasteiger partial charge in [-0.05, 0) is 30.8 Å². The molecule has 0 bridgehead atoms. The molecule has 0 radical (unpaired) electrons. The van der Waals surface area contributed by atoms with Gasteiger partial charge in [0.25, 0.3) is 0 Å². The fourth-order valence-corrected chi connectivity index (χ4v) is 2.43. The molecule has 1 fully saturated rings.